The number of benzene rings is 2. The Morgan fingerprint density at radius 1 is 1.23 bits per heavy atom. The fraction of sp³-hybridized carbons (Fsp3) is 0.316. The van der Waals surface area contributed by atoms with Crippen molar-refractivity contribution in [3.63, 3.8) is 0 Å². The monoisotopic (exact) mass is 379 g/mol. The van der Waals surface area contributed by atoms with Gasteiger partial charge in [-0.2, -0.15) is 0 Å². The Hall–Kier alpha value is -2.47. The summed E-state index contributed by atoms with van der Waals surface area (Å²) in [6.45, 7) is 3.06. The zero-order valence-corrected chi connectivity index (χ0v) is 15.3. The number of hydrogen-bond acceptors (Lipinski definition) is 4. The predicted octanol–water partition coefficient (Wildman–Crippen LogP) is 3.68. The van der Waals surface area contributed by atoms with Gasteiger partial charge in [0.15, 0.2) is 17.6 Å². The van der Waals surface area contributed by atoms with Crippen molar-refractivity contribution in [1.29, 1.82) is 0 Å². The number of likely N-dealkylation sites (N-methyl/N-ethyl adjacent to an activating group) is 1. The summed E-state index contributed by atoms with van der Waals surface area (Å²) in [4.78, 5) is 14.1. The van der Waals surface area contributed by atoms with Crippen molar-refractivity contribution in [3.8, 4) is 17.2 Å². The highest BCUT2D eigenvalue weighted by Crippen LogP contribution is 2.31. The van der Waals surface area contributed by atoms with E-state index in [1.807, 2.05) is 18.2 Å². The molecule has 1 aliphatic heterocycles. The van der Waals surface area contributed by atoms with E-state index in [2.05, 4.69) is 0 Å². The maximum absolute atomic E-state index is 13.1. The number of ether oxygens (including phenoxy) is 3. The lowest BCUT2D eigenvalue weighted by molar-refractivity contribution is -0.137. The summed E-state index contributed by atoms with van der Waals surface area (Å²) in [5.74, 6) is 0.965. The molecule has 0 saturated carbocycles. The lowest BCUT2D eigenvalue weighted by atomic mass is 10.1. The van der Waals surface area contributed by atoms with Crippen LogP contribution in [0.2, 0.25) is 5.02 Å². The van der Waals surface area contributed by atoms with Crippen LogP contribution in [0.5, 0.6) is 17.2 Å². The van der Waals surface area contributed by atoms with Gasteiger partial charge in [0.2, 0.25) is 0 Å². The van der Waals surface area contributed by atoms with Gasteiger partial charge in [-0.15, -0.1) is 0 Å². The molecule has 0 saturated heterocycles. The van der Waals surface area contributed by atoms with E-state index in [0.29, 0.717) is 31.3 Å². The van der Waals surface area contributed by atoms with Crippen LogP contribution in [0.3, 0.4) is 0 Å². The van der Waals surface area contributed by atoms with Crippen molar-refractivity contribution in [2.24, 2.45) is 0 Å². The standard InChI is InChI=1S/C19H19ClFNO4/c1-12(26-16-6-4-14(21)10-15(16)20)19(23)22(2)11-13-3-5-17-18(9-13)25-8-7-24-17/h3-6,9-10,12H,7-8,11H2,1-2H3. The van der Waals surface area contributed by atoms with E-state index >= 15 is 0 Å². The van der Waals surface area contributed by atoms with Crippen molar-refractivity contribution in [2.45, 2.75) is 19.6 Å². The summed E-state index contributed by atoms with van der Waals surface area (Å²) in [6.07, 6.45) is -0.764. The quantitative estimate of drug-likeness (QED) is 0.795. The molecule has 2 aromatic carbocycles. The van der Waals surface area contributed by atoms with Crippen LogP contribution >= 0.6 is 11.6 Å². The van der Waals surface area contributed by atoms with Crippen LogP contribution in [0.1, 0.15) is 12.5 Å². The Bertz CT molecular complexity index is 814. The molecule has 3 rings (SSSR count). The number of amides is 1. The highest BCUT2D eigenvalue weighted by Gasteiger charge is 2.21. The van der Waals surface area contributed by atoms with Gasteiger partial charge in [0.25, 0.3) is 5.91 Å². The van der Waals surface area contributed by atoms with E-state index in [1.165, 1.54) is 12.1 Å². The molecule has 1 aliphatic rings. The molecule has 1 heterocycles. The molecule has 1 atom stereocenters. The summed E-state index contributed by atoms with van der Waals surface area (Å²) < 4.78 is 29.7. The molecular weight excluding hydrogens is 361 g/mol. The van der Waals surface area contributed by atoms with Crippen LogP contribution in [-0.2, 0) is 11.3 Å². The average Bonchev–Trinajstić information content (AvgIpc) is 2.63. The van der Waals surface area contributed by atoms with E-state index < -0.39 is 11.9 Å². The topological polar surface area (TPSA) is 48.0 Å². The zero-order valence-electron chi connectivity index (χ0n) is 14.5. The van der Waals surface area contributed by atoms with Crippen molar-refractivity contribution >= 4 is 17.5 Å². The number of nitrogens with zero attached hydrogens (tertiary/aromatic N) is 1. The van der Waals surface area contributed by atoms with E-state index in [9.17, 15) is 9.18 Å². The third-order valence-corrected chi connectivity index (χ3v) is 4.24. The van der Waals surface area contributed by atoms with Crippen LogP contribution in [-0.4, -0.2) is 37.2 Å². The molecule has 0 aliphatic carbocycles. The zero-order chi connectivity index (χ0) is 18.7. The van der Waals surface area contributed by atoms with Gasteiger partial charge in [0, 0.05) is 13.6 Å². The van der Waals surface area contributed by atoms with Gasteiger partial charge in [-0.1, -0.05) is 17.7 Å². The highest BCUT2D eigenvalue weighted by atomic mass is 35.5. The lowest BCUT2D eigenvalue weighted by Gasteiger charge is -2.24. The van der Waals surface area contributed by atoms with Crippen molar-refractivity contribution in [2.75, 3.05) is 20.3 Å². The molecule has 0 fully saturated rings. The summed E-state index contributed by atoms with van der Waals surface area (Å²) in [7, 11) is 1.69. The SMILES string of the molecule is CC(Oc1ccc(F)cc1Cl)C(=O)N(C)Cc1ccc2c(c1)OCCO2. The lowest BCUT2D eigenvalue weighted by Crippen LogP contribution is -2.37. The fourth-order valence-corrected chi connectivity index (χ4v) is 2.87. The number of halogens is 2. The normalized spacial score (nSPS) is 13.8. The van der Waals surface area contributed by atoms with E-state index in [4.69, 9.17) is 25.8 Å². The second-order valence-electron chi connectivity index (χ2n) is 6.01. The largest absolute Gasteiger partial charge is 0.486 e. The second-order valence-corrected chi connectivity index (χ2v) is 6.41. The molecule has 0 spiro atoms. The summed E-state index contributed by atoms with van der Waals surface area (Å²) in [5, 5.41) is 0.124. The first-order valence-corrected chi connectivity index (χ1v) is 8.57. The van der Waals surface area contributed by atoms with Crippen LogP contribution in [0.4, 0.5) is 4.39 Å². The Balaban J connectivity index is 1.63. The van der Waals surface area contributed by atoms with Crippen molar-refractivity contribution < 1.29 is 23.4 Å². The maximum Gasteiger partial charge on any atom is 0.263 e. The summed E-state index contributed by atoms with van der Waals surface area (Å²) in [5.41, 5.74) is 0.914. The van der Waals surface area contributed by atoms with Gasteiger partial charge < -0.3 is 19.1 Å². The van der Waals surface area contributed by atoms with Crippen LogP contribution in [0, 0.1) is 5.82 Å². The average molecular weight is 380 g/mol. The Morgan fingerprint density at radius 2 is 1.96 bits per heavy atom. The third kappa shape index (κ3) is 4.19. The summed E-state index contributed by atoms with van der Waals surface area (Å²) >= 11 is 5.94. The van der Waals surface area contributed by atoms with E-state index in [-0.39, 0.29) is 16.7 Å². The van der Waals surface area contributed by atoms with Crippen LogP contribution in [0.15, 0.2) is 36.4 Å². The molecule has 0 radical (unpaired) electrons. The third-order valence-electron chi connectivity index (χ3n) is 3.95. The number of rotatable bonds is 5. The molecule has 5 nitrogen and oxygen atoms in total. The van der Waals surface area contributed by atoms with Gasteiger partial charge in [0.1, 0.15) is 24.8 Å². The van der Waals surface area contributed by atoms with Gasteiger partial charge in [-0.3, -0.25) is 4.79 Å². The molecule has 7 heteroatoms. The Kier molecular flexibility index (Phi) is 5.52. The minimum Gasteiger partial charge on any atom is -0.486 e. The predicted molar refractivity (Wildman–Crippen MR) is 95.4 cm³/mol. The molecular formula is C19H19ClFNO4. The van der Waals surface area contributed by atoms with Gasteiger partial charge in [-0.25, -0.2) is 4.39 Å². The molecule has 0 bridgehead atoms. The summed E-state index contributed by atoms with van der Waals surface area (Å²) in [6, 6.07) is 9.37. The van der Waals surface area contributed by atoms with Crippen LogP contribution < -0.4 is 14.2 Å². The highest BCUT2D eigenvalue weighted by molar-refractivity contribution is 6.32. The second kappa shape index (κ2) is 7.83. The Morgan fingerprint density at radius 3 is 2.69 bits per heavy atom. The van der Waals surface area contributed by atoms with Gasteiger partial charge in [-0.05, 0) is 42.8 Å². The molecule has 1 unspecified atom stereocenters. The number of carbonyl (C=O) groups is 1. The minimum absolute atomic E-state index is 0.124. The number of fused-ring (bicyclic) bond motifs is 1. The molecule has 26 heavy (non-hydrogen) atoms. The van der Waals surface area contributed by atoms with E-state index in [1.54, 1.807) is 18.9 Å². The molecule has 0 aromatic heterocycles. The molecule has 138 valence electrons. The van der Waals surface area contributed by atoms with E-state index in [0.717, 1.165) is 11.6 Å². The number of hydrogen-bond donors (Lipinski definition) is 0. The molecule has 2 aromatic rings. The first kappa shape index (κ1) is 18.3. The smallest absolute Gasteiger partial charge is 0.263 e. The Labute approximate surface area is 156 Å². The fourth-order valence-electron chi connectivity index (χ4n) is 2.66. The first-order chi connectivity index (χ1) is 12.4. The van der Waals surface area contributed by atoms with Crippen molar-refractivity contribution in [1.82, 2.24) is 4.90 Å². The maximum atomic E-state index is 13.1. The van der Waals surface area contributed by atoms with Crippen LogP contribution in [0.25, 0.3) is 0 Å². The first-order valence-electron chi connectivity index (χ1n) is 8.19. The molecule has 1 amide bonds. The minimum atomic E-state index is -0.764. The molecule has 0 N–H and O–H groups in total. The van der Waals surface area contributed by atoms with Gasteiger partial charge in [0.05, 0.1) is 5.02 Å². The van der Waals surface area contributed by atoms with Crippen molar-refractivity contribution in [3.05, 3.63) is 52.8 Å². The number of carbonyl (C=O) groups excluding carboxylic acids is 1. The van der Waals surface area contributed by atoms with Gasteiger partial charge >= 0.3 is 0 Å².